The monoisotopic (exact) mass is 479 g/mol. The average molecular weight is 480 g/mol. The number of carbonyl (C=O) groups excluding carboxylic acids is 3. The number of amides is 3. The van der Waals surface area contributed by atoms with Crippen LogP contribution >= 0.6 is 11.6 Å². The maximum absolute atomic E-state index is 15.0. The Morgan fingerprint density at radius 1 is 1.39 bits per heavy atom. The molecule has 3 heterocycles. The number of imide groups is 1. The van der Waals surface area contributed by atoms with Crippen LogP contribution in [0.4, 0.5) is 25.4 Å². The first-order chi connectivity index (χ1) is 15.6. The minimum Gasteiger partial charge on any atom is -0.442 e. The summed E-state index contributed by atoms with van der Waals surface area (Å²) in [4.78, 5) is 40.3. The maximum atomic E-state index is 15.0. The highest BCUT2D eigenvalue weighted by Crippen LogP contribution is 2.32. The highest BCUT2D eigenvalue weighted by molar-refractivity contribution is 6.20. The van der Waals surface area contributed by atoms with Gasteiger partial charge in [0.05, 0.1) is 36.7 Å². The van der Waals surface area contributed by atoms with Crippen LogP contribution in [-0.2, 0) is 34.4 Å². The van der Waals surface area contributed by atoms with Gasteiger partial charge in [-0.1, -0.05) is 11.6 Å². The first-order valence-electron chi connectivity index (χ1n) is 10.3. The molecule has 3 amide bonds. The van der Waals surface area contributed by atoms with Gasteiger partial charge in [0.25, 0.3) is 0 Å². The van der Waals surface area contributed by atoms with E-state index >= 15 is 0 Å². The van der Waals surface area contributed by atoms with Crippen LogP contribution in [0.25, 0.3) is 0 Å². The van der Waals surface area contributed by atoms with Crippen LogP contribution in [0.2, 0.25) is 0 Å². The van der Waals surface area contributed by atoms with Crippen molar-refractivity contribution in [3.05, 3.63) is 41.5 Å². The number of nitrogens with zero attached hydrogens (tertiary/aromatic N) is 5. The molecule has 2 unspecified atom stereocenters. The normalized spacial score (nSPS) is 18.2. The Labute approximate surface area is 194 Å². The van der Waals surface area contributed by atoms with Gasteiger partial charge in [-0.05, 0) is 25.1 Å². The number of cyclic esters (lactones) is 1. The largest absolute Gasteiger partial charge is 0.442 e. The van der Waals surface area contributed by atoms with Crippen LogP contribution in [0.5, 0.6) is 0 Å². The molecule has 1 saturated heterocycles. The van der Waals surface area contributed by atoms with Gasteiger partial charge in [-0.3, -0.25) is 14.4 Å². The Morgan fingerprint density at radius 2 is 2.15 bits per heavy atom. The van der Waals surface area contributed by atoms with Crippen molar-refractivity contribution in [1.29, 1.82) is 0 Å². The zero-order valence-corrected chi connectivity index (χ0v) is 19.1. The molecule has 1 fully saturated rings. The van der Waals surface area contributed by atoms with Crippen LogP contribution in [0.15, 0.2) is 24.4 Å². The van der Waals surface area contributed by atoms with Gasteiger partial charge < -0.3 is 14.4 Å². The van der Waals surface area contributed by atoms with Gasteiger partial charge in [-0.15, -0.1) is 0 Å². The van der Waals surface area contributed by atoms with Crippen molar-refractivity contribution in [1.82, 2.24) is 14.7 Å². The molecule has 0 spiro atoms. The van der Waals surface area contributed by atoms with Crippen LogP contribution in [0, 0.1) is 5.82 Å². The molecule has 4 rings (SSSR count). The van der Waals surface area contributed by atoms with Crippen LogP contribution in [-0.4, -0.2) is 57.5 Å². The Hall–Kier alpha value is -3.34. The molecule has 0 bridgehead atoms. The van der Waals surface area contributed by atoms with Gasteiger partial charge in [-0.2, -0.15) is 5.10 Å². The summed E-state index contributed by atoms with van der Waals surface area (Å²) in [5.74, 6) is -1.06. The van der Waals surface area contributed by atoms with E-state index in [0.29, 0.717) is 24.5 Å². The zero-order chi connectivity index (χ0) is 23.9. The molecular formula is C21H23ClFN5O5. The van der Waals surface area contributed by atoms with Gasteiger partial charge in [-0.25, -0.2) is 18.9 Å². The van der Waals surface area contributed by atoms with E-state index in [0.717, 1.165) is 16.2 Å². The van der Waals surface area contributed by atoms with Crippen molar-refractivity contribution >= 4 is 41.1 Å². The molecule has 12 heteroatoms. The number of benzene rings is 1. The second-order valence-electron chi connectivity index (χ2n) is 7.94. The summed E-state index contributed by atoms with van der Waals surface area (Å²) in [6.45, 7) is 3.49. The molecule has 0 aliphatic carbocycles. The van der Waals surface area contributed by atoms with Gasteiger partial charge in [0, 0.05) is 32.3 Å². The molecule has 0 saturated carbocycles. The summed E-state index contributed by atoms with van der Waals surface area (Å²) in [5.41, 5.74) is 1.74. The molecule has 2 aliphatic heterocycles. The number of anilines is 2. The average Bonchev–Trinajstić information content (AvgIpc) is 3.37. The third kappa shape index (κ3) is 4.72. The predicted molar refractivity (Wildman–Crippen MR) is 116 cm³/mol. The molecular weight excluding hydrogens is 457 g/mol. The highest BCUT2D eigenvalue weighted by Gasteiger charge is 2.36. The first kappa shape index (κ1) is 22.8. The number of alkyl halides is 1. The number of aryl methyl sites for hydroxylation is 1. The van der Waals surface area contributed by atoms with Crippen molar-refractivity contribution in [3.63, 3.8) is 0 Å². The fourth-order valence-electron chi connectivity index (χ4n) is 3.95. The van der Waals surface area contributed by atoms with Crippen molar-refractivity contribution < 1.29 is 28.2 Å². The lowest BCUT2D eigenvalue weighted by molar-refractivity contribution is -0.128. The lowest BCUT2D eigenvalue weighted by Gasteiger charge is -2.22. The Morgan fingerprint density at radius 3 is 2.79 bits per heavy atom. The topological polar surface area (TPSA) is 97.2 Å². The second kappa shape index (κ2) is 8.89. The quantitative estimate of drug-likeness (QED) is 0.608. The molecule has 176 valence electrons. The summed E-state index contributed by atoms with van der Waals surface area (Å²) in [5, 5.41) is 4.37. The van der Waals surface area contributed by atoms with Gasteiger partial charge >= 0.3 is 12.2 Å². The number of halogens is 2. The summed E-state index contributed by atoms with van der Waals surface area (Å²) in [7, 11) is 1.84. The second-order valence-corrected chi connectivity index (χ2v) is 8.55. The van der Waals surface area contributed by atoms with Crippen LogP contribution in [0.1, 0.15) is 25.1 Å². The van der Waals surface area contributed by atoms with E-state index in [1.54, 1.807) is 16.8 Å². The lowest BCUT2D eigenvalue weighted by atomic mass is 10.2. The third-order valence-electron chi connectivity index (χ3n) is 5.40. The Balaban J connectivity index is 1.43. The van der Waals surface area contributed by atoms with Gasteiger partial charge in [0.15, 0.2) is 5.56 Å². The predicted octanol–water partition coefficient (Wildman–Crippen LogP) is 2.97. The van der Waals surface area contributed by atoms with E-state index < -0.39 is 35.6 Å². The molecule has 2 atom stereocenters. The van der Waals surface area contributed by atoms with E-state index in [1.807, 2.05) is 18.1 Å². The molecule has 1 aromatic carbocycles. The summed E-state index contributed by atoms with van der Waals surface area (Å²) in [6.07, 6.45) is -0.526. The summed E-state index contributed by atoms with van der Waals surface area (Å²) >= 11 is 5.65. The Kier molecular flexibility index (Phi) is 6.15. The number of rotatable bonds is 5. The van der Waals surface area contributed by atoms with E-state index in [4.69, 9.17) is 21.1 Å². The SMILES string of the molecule is CC(=O)N(CC1CN(c2ccc(N3Cc4cn(C)nc4C3)c(F)c2)C(=O)O1)C(=O)OC(C)Cl. The highest BCUT2D eigenvalue weighted by atomic mass is 35.5. The minimum absolute atomic E-state index is 0.0326. The smallest absolute Gasteiger partial charge is 0.418 e. The van der Waals surface area contributed by atoms with Crippen molar-refractivity contribution in [2.24, 2.45) is 7.05 Å². The number of hydrogen-bond acceptors (Lipinski definition) is 7. The van der Waals surface area contributed by atoms with Gasteiger partial charge in [0.1, 0.15) is 11.9 Å². The molecule has 0 radical (unpaired) electrons. The van der Waals surface area contributed by atoms with Crippen molar-refractivity contribution in [2.75, 3.05) is 22.9 Å². The first-order valence-corrected chi connectivity index (χ1v) is 10.7. The van der Waals surface area contributed by atoms with Crippen LogP contribution < -0.4 is 9.80 Å². The third-order valence-corrected chi connectivity index (χ3v) is 5.49. The Bertz CT molecular complexity index is 1080. The number of aromatic nitrogens is 2. The van der Waals surface area contributed by atoms with E-state index in [1.165, 1.54) is 24.8 Å². The van der Waals surface area contributed by atoms with Gasteiger partial charge in [0.2, 0.25) is 5.91 Å². The van der Waals surface area contributed by atoms with E-state index in [-0.39, 0.29) is 13.1 Å². The number of ether oxygens (including phenoxy) is 2. The standard InChI is InChI=1S/C21H23ClFN5O5/c1-12(22)32-20(30)27(13(2)29)9-16-10-28(21(31)33-16)15-4-5-19(17(23)6-15)26-8-14-7-25(3)24-18(14)11-26/h4-7,12,16H,8-11H2,1-3H3. The van der Waals surface area contributed by atoms with E-state index in [9.17, 15) is 18.8 Å². The molecule has 33 heavy (non-hydrogen) atoms. The number of carbonyl (C=O) groups is 3. The summed E-state index contributed by atoms with van der Waals surface area (Å²) < 4.78 is 26.8. The minimum atomic E-state index is -0.934. The summed E-state index contributed by atoms with van der Waals surface area (Å²) in [6, 6.07) is 4.50. The number of fused-ring (bicyclic) bond motifs is 1. The van der Waals surface area contributed by atoms with E-state index in [2.05, 4.69) is 5.10 Å². The molecule has 2 aliphatic rings. The van der Waals surface area contributed by atoms with Crippen molar-refractivity contribution in [3.8, 4) is 0 Å². The lowest BCUT2D eigenvalue weighted by Crippen LogP contribution is -2.42. The van der Waals surface area contributed by atoms with Crippen LogP contribution in [0.3, 0.4) is 0 Å². The zero-order valence-electron chi connectivity index (χ0n) is 18.3. The van der Waals surface area contributed by atoms with Crippen molar-refractivity contribution in [2.45, 2.75) is 38.6 Å². The molecule has 2 aromatic rings. The molecule has 0 N–H and O–H groups in total. The maximum Gasteiger partial charge on any atom is 0.418 e. The molecule has 10 nitrogen and oxygen atoms in total. The fraction of sp³-hybridized carbons (Fsp3) is 0.429. The number of hydrogen-bond donors (Lipinski definition) is 0. The fourth-order valence-corrected chi connectivity index (χ4v) is 4.02. The molecule has 1 aromatic heterocycles.